The molecule has 1 aliphatic heterocycles. The van der Waals surface area contributed by atoms with Gasteiger partial charge in [-0.25, -0.2) is 4.79 Å². The quantitative estimate of drug-likeness (QED) is 0.880. The van der Waals surface area contributed by atoms with Gasteiger partial charge >= 0.3 is 6.09 Å². The number of amides is 2. The number of benzene rings is 1. The van der Waals surface area contributed by atoms with Crippen LogP contribution in [0.15, 0.2) is 30.3 Å². The molecule has 1 saturated carbocycles. The lowest BCUT2D eigenvalue weighted by molar-refractivity contribution is -0.126. The summed E-state index contributed by atoms with van der Waals surface area (Å²) in [5.74, 6) is 0.669. The summed E-state index contributed by atoms with van der Waals surface area (Å²) < 4.78 is 5.33. The Kier molecular flexibility index (Phi) is 5.58. The maximum atomic E-state index is 12.7. The first-order chi connectivity index (χ1) is 12.0. The molecule has 6 nitrogen and oxygen atoms in total. The molecule has 0 spiro atoms. The Hall–Kier alpha value is -2.08. The molecule has 0 unspecified atom stereocenters. The van der Waals surface area contributed by atoms with Crippen molar-refractivity contribution in [3.05, 3.63) is 30.3 Å². The number of rotatable bonds is 3. The standard InChI is InChI=1S/C19H26N2O4/c1-13-7-5-6-10-16(13)20-18(23)17-11-14(22)12-21(17)19(24)25-15-8-3-2-4-9-15/h2-4,8-9,13-14,16-17,22H,5-7,10-12H2,1H3,(H,20,23)/t13-,14+,16-,17+/m1/s1. The van der Waals surface area contributed by atoms with Crippen molar-refractivity contribution >= 4 is 12.0 Å². The maximum absolute atomic E-state index is 12.7. The van der Waals surface area contributed by atoms with Crippen molar-refractivity contribution in [3.63, 3.8) is 0 Å². The number of carbonyl (C=O) groups is 2. The zero-order chi connectivity index (χ0) is 17.8. The van der Waals surface area contributed by atoms with E-state index in [2.05, 4.69) is 12.2 Å². The largest absolute Gasteiger partial charge is 0.416 e. The molecule has 2 amide bonds. The van der Waals surface area contributed by atoms with Gasteiger partial charge in [-0.3, -0.25) is 9.69 Å². The molecular weight excluding hydrogens is 320 g/mol. The first-order valence-corrected chi connectivity index (χ1v) is 9.06. The molecule has 1 aromatic rings. The molecule has 1 saturated heterocycles. The Balaban J connectivity index is 1.64. The lowest BCUT2D eigenvalue weighted by Crippen LogP contribution is -2.51. The fourth-order valence-electron chi connectivity index (χ4n) is 3.72. The Morgan fingerprint density at radius 1 is 1.20 bits per heavy atom. The van der Waals surface area contributed by atoms with Gasteiger partial charge in [0.15, 0.2) is 0 Å². The van der Waals surface area contributed by atoms with Gasteiger partial charge in [0, 0.05) is 12.5 Å². The van der Waals surface area contributed by atoms with Crippen molar-refractivity contribution < 1.29 is 19.4 Å². The van der Waals surface area contributed by atoms with Gasteiger partial charge in [0.1, 0.15) is 11.8 Å². The number of hydrogen-bond acceptors (Lipinski definition) is 4. The average Bonchev–Trinajstić information content (AvgIpc) is 3.00. The predicted molar refractivity (Wildman–Crippen MR) is 93.1 cm³/mol. The van der Waals surface area contributed by atoms with Crippen molar-refractivity contribution in [2.75, 3.05) is 6.54 Å². The first-order valence-electron chi connectivity index (χ1n) is 9.06. The smallest absolute Gasteiger partial charge is 0.410 e. The molecule has 4 atom stereocenters. The van der Waals surface area contributed by atoms with Gasteiger partial charge in [-0.2, -0.15) is 0 Å². The van der Waals surface area contributed by atoms with Crippen LogP contribution < -0.4 is 10.1 Å². The minimum Gasteiger partial charge on any atom is -0.410 e. The van der Waals surface area contributed by atoms with Crippen molar-refractivity contribution in [2.45, 2.75) is 57.2 Å². The van der Waals surface area contributed by atoms with Crippen molar-refractivity contribution in [2.24, 2.45) is 5.92 Å². The zero-order valence-electron chi connectivity index (χ0n) is 14.6. The SMILES string of the molecule is C[C@@H]1CCCC[C@H]1NC(=O)[C@@H]1C[C@H](O)CN1C(=O)Oc1ccccc1. The molecule has 25 heavy (non-hydrogen) atoms. The molecule has 136 valence electrons. The van der Waals surface area contributed by atoms with E-state index in [1.165, 1.54) is 11.3 Å². The van der Waals surface area contributed by atoms with Crippen molar-refractivity contribution in [3.8, 4) is 5.75 Å². The number of nitrogens with one attached hydrogen (secondary N) is 1. The fourth-order valence-corrected chi connectivity index (χ4v) is 3.72. The molecule has 2 N–H and O–H groups in total. The summed E-state index contributed by atoms with van der Waals surface area (Å²) in [4.78, 5) is 26.5. The fraction of sp³-hybridized carbons (Fsp3) is 0.579. The number of β-amino-alcohol motifs (C(OH)–C–C–N with tert-alkyl or cyclic N) is 1. The Morgan fingerprint density at radius 2 is 1.92 bits per heavy atom. The van der Waals surface area contributed by atoms with E-state index in [-0.39, 0.29) is 24.9 Å². The van der Waals surface area contributed by atoms with E-state index >= 15 is 0 Å². The molecule has 6 heteroatoms. The van der Waals surface area contributed by atoms with E-state index in [9.17, 15) is 14.7 Å². The second-order valence-electron chi connectivity index (χ2n) is 7.12. The predicted octanol–water partition coefficient (Wildman–Crippen LogP) is 2.32. The summed E-state index contributed by atoms with van der Waals surface area (Å²) in [5.41, 5.74) is 0. The van der Waals surface area contributed by atoms with Gasteiger partial charge in [0.2, 0.25) is 5.91 Å². The van der Waals surface area contributed by atoms with Crippen LogP contribution in [0.2, 0.25) is 0 Å². The second kappa shape index (κ2) is 7.87. The van der Waals surface area contributed by atoms with E-state index in [0.717, 1.165) is 19.3 Å². The third-order valence-electron chi connectivity index (χ3n) is 5.20. The van der Waals surface area contributed by atoms with Crippen LogP contribution in [-0.2, 0) is 4.79 Å². The lowest BCUT2D eigenvalue weighted by Gasteiger charge is -2.31. The topological polar surface area (TPSA) is 78.9 Å². The molecule has 1 aliphatic carbocycles. The number of ether oxygens (including phenoxy) is 1. The van der Waals surface area contributed by atoms with Gasteiger partial charge < -0.3 is 15.2 Å². The molecule has 3 rings (SSSR count). The highest BCUT2D eigenvalue weighted by Crippen LogP contribution is 2.25. The zero-order valence-corrected chi connectivity index (χ0v) is 14.6. The van der Waals surface area contributed by atoms with Gasteiger partial charge in [-0.05, 0) is 30.9 Å². The van der Waals surface area contributed by atoms with E-state index in [1.54, 1.807) is 24.3 Å². The van der Waals surface area contributed by atoms with Gasteiger partial charge in [-0.15, -0.1) is 0 Å². The Morgan fingerprint density at radius 3 is 2.64 bits per heavy atom. The summed E-state index contributed by atoms with van der Waals surface area (Å²) in [6.07, 6.45) is 3.33. The van der Waals surface area contributed by atoms with Crippen LogP contribution in [0.1, 0.15) is 39.0 Å². The summed E-state index contributed by atoms with van der Waals surface area (Å²) in [5, 5.41) is 13.0. The highest BCUT2D eigenvalue weighted by atomic mass is 16.6. The van der Waals surface area contributed by atoms with Crippen LogP contribution in [0.4, 0.5) is 4.79 Å². The number of aliphatic hydroxyl groups excluding tert-OH is 1. The van der Waals surface area contributed by atoms with Crippen LogP contribution >= 0.6 is 0 Å². The summed E-state index contributed by atoms with van der Waals surface area (Å²) in [6, 6.07) is 8.21. The second-order valence-corrected chi connectivity index (χ2v) is 7.12. The summed E-state index contributed by atoms with van der Waals surface area (Å²) in [7, 11) is 0. The number of para-hydroxylation sites is 1. The average molecular weight is 346 g/mol. The number of aliphatic hydroxyl groups is 1. The van der Waals surface area contributed by atoms with E-state index in [1.807, 2.05) is 6.07 Å². The van der Waals surface area contributed by atoms with Crippen molar-refractivity contribution in [1.82, 2.24) is 10.2 Å². The lowest BCUT2D eigenvalue weighted by atomic mass is 9.86. The molecule has 0 aromatic heterocycles. The molecule has 1 heterocycles. The van der Waals surface area contributed by atoms with Gasteiger partial charge in [0.25, 0.3) is 0 Å². The Labute approximate surface area is 148 Å². The van der Waals surface area contributed by atoms with Crippen molar-refractivity contribution in [1.29, 1.82) is 0 Å². The minimum absolute atomic E-state index is 0.115. The molecule has 2 aliphatic rings. The van der Waals surface area contributed by atoms with Gasteiger partial charge in [-0.1, -0.05) is 38.0 Å². The highest BCUT2D eigenvalue weighted by molar-refractivity contribution is 5.87. The molecule has 0 radical (unpaired) electrons. The van der Waals surface area contributed by atoms with Gasteiger partial charge in [0.05, 0.1) is 12.6 Å². The number of likely N-dealkylation sites (tertiary alicyclic amines) is 1. The molecule has 1 aromatic carbocycles. The van der Waals surface area contributed by atoms with E-state index < -0.39 is 18.2 Å². The van der Waals surface area contributed by atoms with Crippen LogP contribution in [0, 0.1) is 5.92 Å². The Bertz CT molecular complexity index is 607. The normalized spacial score (nSPS) is 29.3. The number of nitrogens with zero attached hydrogens (tertiary/aromatic N) is 1. The third kappa shape index (κ3) is 4.31. The maximum Gasteiger partial charge on any atom is 0.416 e. The minimum atomic E-state index is -0.706. The van der Waals surface area contributed by atoms with Crippen LogP contribution in [0.5, 0.6) is 5.75 Å². The first kappa shape index (κ1) is 17.7. The van der Waals surface area contributed by atoms with Crippen LogP contribution in [0.3, 0.4) is 0 Å². The third-order valence-corrected chi connectivity index (χ3v) is 5.20. The number of carbonyl (C=O) groups excluding carboxylic acids is 2. The van der Waals surface area contributed by atoms with E-state index in [0.29, 0.717) is 11.7 Å². The van der Waals surface area contributed by atoms with Crippen LogP contribution in [0.25, 0.3) is 0 Å². The summed E-state index contributed by atoms with van der Waals surface area (Å²) >= 11 is 0. The number of hydrogen-bond donors (Lipinski definition) is 2. The highest BCUT2D eigenvalue weighted by Gasteiger charge is 2.41. The van der Waals surface area contributed by atoms with Crippen LogP contribution in [-0.4, -0.2) is 46.7 Å². The molecule has 0 bridgehead atoms. The molecule has 2 fully saturated rings. The molecular formula is C19H26N2O4. The monoisotopic (exact) mass is 346 g/mol. The van der Waals surface area contributed by atoms with E-state index in [4.69, 9.17) is 4.74 Å². The summed E-state index contributed by atoms with van der Waals surface area (Å²) in [6.45, 7) is 2.26.